The molecular weight excluding hydrogens is 309 g/mol. The highest BCUT2D eigenvalue weighted by Crippen LogP contribution is 2.28. The second kappa shape index (κ2) is 6.30. The summed E-state index contributed by atoms with van der Waals surface area (Å²) in [6.07, 6.45) is 2.79. The van der Waals surface area contributed by atoms with Gasteiger partial charge in [-0.05, 0) is 47.1 Å². The fourth-order valence-electron chi connectivity index (χ4n) is 2.20. The van der Waals surface area contributed by atoms with Crippen LogP contribution < -0.4 is 5.32 Å². The highest BCUT2D eigenvalue weighted by atomic mass is 79.9. The lowest BCUT2D eigenvalue weighted by molar-refractivity contribution is 0.531. The second-order valence-electron chi connectivity index (χ2n) is 4.38. The van der Waals surface area contributed by atoms with Gasteiger partial charge in [0, 0.05) is 6.54 Å². The van der Waals surface area contributed by atoms with Crippen molar-refractivity contribution in [1.82, 2.24) is 15.1 Å². The van der Waals surface area contributed by atoms with E-state index in [2.05, 4.69) is 33.3 Å². The van der Waals surface area contributed by atoms with Crippen molar-refractivity contribution in [2.75, 3.05) is 7.05 Å². The summed E-state index contributed by atoms with van der Waals surface area (Å²) in [6, 6.07) is 6.56. The monoisotopic (exact) mass is 325 g/mol. The summed E-state index contributed by atoms with van der Waals surface area (Å²) in [6.45, 7) is 2.95. The maximum Gasteiger partial charge on any atom is 0.123 e. The Morgan fingerprint density at radius 2 is 2.26 bits per heavy atom. The Labute approximate surface area is 121 Å². The van der Waals surface area contributed by atoms with E-state index < -0.39 is 0 Å². The van der Waals surface area contributed by atoms with Gasteiger partial charge in [0.1, 0.15) is 5.82 Å². The lowest BCUT2D eigenvalue weighted by atomic mass is 10.0. The lowest BCUT2D eigenvalue weighted by Crippen LogP contribution is -2.22. The van der Waals surface area contributed by atoms with Crippen molar-refractivity contribution in [3.8, 4) is 0 Å². The number of halogens is 2. The Kier molecular flexibility index (Phi) is 4.71. The van der Waals surface area contributed by atoms with Crippen molar-refractivity contribution in [2.24, 2.45) is 0 Å². The zero-order valence-electron chi connectivity index (χ0n) is 11.0. The molecule has 1 aromatic carbocycles. The number of rotatable bonds is 5. The number of aryl methyl sites for hydroxylation is 1. The third-order valence-corrected chi connectivity index (χ3v) is 3.62. The minimum atomic E-state index is -0.226. The average Bonchev–Trinajstić information content (AvgIpc) is 2.74. The molecule has 0 saturated carbocycles. The fourth-order valence-corrected chi connectivity index (χ4v) is 2.72. The first-order valence-corrected chi connectivity index (χ1v) is 7.10. The number of hydrogen-bond acceptors (Lipinski definition) is 2. The zero-order valence-corrected chi connectivity index (χ0v) is 12.6. The Morgan fingerprint density at radius 3 is 2.89 bits per heavy atom. The normalized spacial score (nSPS) is 12.6. The minimum absolute atomic E-state index is 0.0841. The summed E-state index contributed by atoms with van der Waals surface area (Å²) in [5.74, 6) is -0.226. The molecule has 5 heteroatoms. The molecule has 0 aliphatic rings. The predicted octanol–water partition coefficient (Wildman–Crippen LogP) is 3.50. The van der Waals surface area contributed by atoms with Crippen LogP contribution in [0.25, 0.3) is 0 Å². The molecule has 0 fully saturated rings. The molecular formula is C14H17BrFN3. The van der Waals surface area contributed by atoms with E-state index in [1.54, 1.807) is 18.3 Å². The van der Waals surface area contributed by atoms with Gasteiger partial charge in [-0.25, -0.2) is 4.39 Å². The van der Waals surface area contributed by atoms with Crippen LogP contribution in [0.1, 0.15) is 30.6 Å². The molecule has 0 radical (unpaired) electrons. The molecule has 2 rings (SSSR count). The van der Waals surface area contributed by atoms with Crippen molar-refractivity contribution in [3.63, 3.8) is 0 Å². The van der Waals surface area contributed by atoms with Crippen molar-refractivity contribution in [1.29, 1.82) is 0 Å². The number of nitrogens with one attached hydrogen (secondary N) is 1. The molecule has 1 aromatic heterocycles. The van der Waals surface area contributed by atoms with Crippen LogP contribution in [-0.4, -0.2) is 16.8 Å². The smallest absolute Gasteiger partial charge is 0.123 e. The first-order chi connectivity index (χ1) is 9.17. The summed E-state index contributed by atoms with van der Waals surface area (Å²) < 4.78 is 16.3. The molecule has 1 N–H and O–H groups in total. The predicted molar refractivity (Wildman–Crippen MR) is 77.5 cm³/mol. The van der Waals surface area contributed by atoms with E-state index in [-0.39, 0.29) is 11.9 Å². The van der Waals surface area contributed by atoms with Gasteiger partial charge in [-0.15, -0.1) is 0 Å². The van der Waals surface area contributed by atoms with Gasteiger partial charge < -0.3 is 5.32 Å². The zero-order chi connectivity index (χ0) is 13.8. The molecule has 0 amide bonds. The van der Waals surface area contributed by atoms with Crippen LogP contribution in [0.4, 0.5) is 4.39 Å². The van der Waals surface area contributed by atoms with Gasteiger partial charge in [0.2, 0.25) is 0 Å². The Hall–Kier alpha value is -1.20. The second-order valence-corrected chi connectivity index (χ2v) is 5.23. The van der Waals surface area contributed by atoms with Crippen molar-refractivity contribution >= 4 is 15.9 Å². The minimum Gasteiger partial charge on any atom is -0.308 e. The van der Waals surface area contributed by atoms with E-state index in [9.17, 15) is 4.39 Å². The van der Waals surface area contributed by atoms with E-state index >= 15 is 0 Å². The largest absolute Gasteiger partial charge is 0.308 e. The molecule has 0 spiro atoms. The summed E-state index contributed by atoms with van der Waals surface area (Å²) >= 11 is 3.53. The van der Waals surface area contributed by atoms with E-state index in [4.69, 9.17) is 0 Å². The highest BCUT2D eigenvalue weighted by molar-refractivity contribution is 9.10. The van der Waals surface area contributed by atoms with Gasteiger partial charge in [-0.1, -0.05) is 19.1 Å². The van der Waals surface area contributed by atoms with Crippen LogP contribution in [0.5, 0.6) is 0 Å². The SMILES string of the molecule is CCCn1ncc(Br)c1C(NC)c1cccc(F)c1. The van der Waals surface area contributed by atoms with Gasteiger partial charge in [0.15, 0.2) is 0 Å². The standard InChI is InChI=1S/C14H17BrFN3/c1-3-7-19-14(12(15)9-18-19)13(17-2)10-5-4-6-11(16)8-10/h4-6,8-9,13,17H,3,7H2,1-2H3. The molecule has 3 nitrogen and oxygen atoms in total. The summed E-state index contributed by atoms with van der Waals surface area (Å²) in [5, 5.41) is 7.59. The summed E-state index contributed by atoms with van der Waals surface area (Å²) in [7, 11) is 1.87. The molecule has 0 aliphatic heterocycles. The van der Waals surface area contributed by atoms with Gasteiger partial charge in [0.25, 0.3) is 0 Å². The quantitative estimate of drug-likeness (QED) is 0.911. The van der Waals surface area contributed by atoms with E-state index in [0.29, 0.717) is 0 Å². The number of nitrogens with zero attached hydrogens (tertiary/aromatic N) is 2. The Bertz CT molecular complexity index is 553. The maximum atomic E-state index is 13.4. The van der Waals surface area contributed by atoms with Crippen molar-refractivity contribution in [2.45, 2.75) is 25.9 Å². The van der Waals surface area contributed by atoms with Crippen molar-refractivity contribution < 1.29 is 4.39 Å². The number of benzene rings is 1. The van der Waals surface area contributed by atoms with Crippen LogP contribution in [0.15, 0.2) is 34.9 Å². The van der Waals surface area contributed by atoms with Crippen molar-refractivity contribution in [3.05, 3.63) is 52.0 Å². The third kappa shape index (κ3) is 3.04. The van der Waals surface area contributed by atoms with Gasteiger partial charge in [-0.3, -0.25) is 4.68 Å². The molecule has 1 unspecified atom stereocenters. The van der Waals surface area contributed by atoms with Crippen LogP contribution >= 0.6 is 15.9 Å². The molecule has 102 valence electrons. The van der Waals surface area contributed by atoms with E-state index in [0.717, 1.165) is 28.7 Å². The average molecular weight is 326 g/mol. The van der Waals surface area contributed by atoms with Crippen LogP contribution in [-0.2, 0) is 6.54 Å². The van der Waals surface area contributed by atoms with Gasteiger partial charge >= 0.3 is 0 Å². The molecule has 1 heterocycles. The molecule has 19 heavy (non-hydrogen) atoms. The highest BCUT2D eigenvalue weighted by Gasteiger charge is 2.20. The molecule has 2 aromatic rings. The molecule has 1 atom stereocenters. The Balaban J connectivity index is 2.44. The maximum absolute atomic E-state index is 13.4. The van der Waals surface area contributed by atoms with E-state index in [1.807, 2.05) is 17.8 Å². The first-order valence-electron chi connectivity index (χ1n) is 6.31. The fraction of sp³-hybridized carbons (Fsp3) is 0.357. The first kappa shape index (κ1) is 14.2. The Morgan fingerprint density at radius 1 is 1.47 bits per heavy atom. The molecule has 0 bridgehead atoms. The number of hydrogen-bond donors (Lipinski definition) is 1. The van der Waals surface area contributed by atoms with E-state index in [1.165, 1.54) is 6.07 Å². The van der Waals surface area contributed by atoms with Crippen LogP contribution in [0, 0.1) is 5.82 Å². The van der Waals surface area contributed by atoms with Crippen LogP contribution in [0.3, 0.4) is 0 Å². The van der Waals surface area contributed by atoms with Crippen LogP contribution in [0.2, 0.25) is 0 Å². The molecule has 0 aliphatic carbocycles. The summed E-state index contributed by atoms with van der Waals surface area (Å²) in [5.41, 5.74) is 1.91. The number of aromatic nitrogens is 2. The summed E-state index contributed by atoms with van der Waals surface area (Å²) in [4.78, 5) is 0. The molecule has 0 saturated heterocycles. The van der Waals surface area contributed by atoms with Gasteiger partial charge in [-0.2, -0.15) is 5.10 Å². The lowest BCUT2D eigenvalue weighted by Gasteiger charge is -2.19. The topological polar surface area (TPSA) is 29.9 Å². The van der Waals surface area contributed by atoms with Gasteiger partial charge in [0.05, 0.1) is 22.4 Å². The third-order valence-electron chi connectivity index (χ3n) is 3.01.